The van der Waals surface area contributed by atoms with E-state index in [9.17, 15) is 5.11 Å². The monoisotopic (exact) mass is 207 g/mol. The van der Waals surface area contributed by atoms with Crippen molar-refractivity contribution in [2.45, 2.75) is 32.2 Å². The van der Waals surface area contributed by atoms with Crippen molar-refractivity contribution in [3.63, 3.8) is 0 Å². The van der Waals surface area contributed by atoms with Crippen LogP contribution in [0, 0.1) is 0 Å². The van der Waals surface area contributed by atoms with Crippen molar-refractivity contribution in [2.75, 3.05) is 14.1 Å². The van der Waals surface area contributed by atoms with Gasteiger partial charge in [0.1, 0.15) is 5.75 Å². The van der Waals surface area contributed by atoms with Gasteiger partial charge in [-0.25, -0.2) is 0 Å². The predicted octanol–water partition coefficient (Wildman–Crippen LogP) is 2.97. The third kappa shape index (κ3) is 2.00. The lowest BCUT2D eigenvalue weighted by Gasteiger charge is -2.39. The van der Waals surface area contributed by atoms with Crippen LogP contribution in [0.25, 0.3) is 0 Å². The van der Waals surface area contributed by atoms with Crippen LogP contribution in [0.3, 0.4) is 0 Å². The molecule has 0 aromatic heterocycles. The zero-order chi connectivity index (χ0) is 11.5. The number of phenolic OH excluding ortho intramolecular Hbond substituents is 1. The van der Waals surface area contributed by atoms with Crippen molar-refractivity contribution < 1.29 is 5.11 Å². The maximum absolute atomic E-state index is 9.93. The Morgan fingerprint density at radius 3 is 2.07 bits per heavy atom. The van der Waals surface area contributed by atoms with E-state index in [2.05, 4.69) is 32.8 Å². The highest BCUT2D eigenvalue weighted by atomic mass is 16.3. The number of rotatable bonds is 4. The summed E-state index contributed by atoms with van der Waals surface area (Å²) in [5, 5.41) is 9.93. The van der Waals surface area contributed by atoms with E-state index < -0.39 is 0 Å². The second kappa shape index (κ2) is 4.67. The first-order chi connectivity index (χ1) is 7.08. The van der Waals surface area contributed by atoms with Gasteiger partial charge in [0.05, 0.1) is 0 Å². The molecule has 0 unspecified atom stereocenters. The van der Waals surface area contributed by atoms with Gasteiger partial charge in [0.25, 0.3) is 0 Å². The van der Waals surface area contributed by atoms with Gasteiger partial charge in [0.2, 0.25) is 0 Å². The van der Waals surface area contributed by atoms with Crippen LogP contribution in [0.1, 0.15) is 32.3 Å². The number of hydrogen-bond donors (Lipinski definition) is 1. The molecule has 1 N–H and O–H groups in total. The molecule has 0 aliphatic rings. The van der Waals surface area contributed by atoms with Gasteiger partial charge < -0.3 is 5.11 Å². The molecule has 0 saturated heterocycles. The molecule has 2 heteroatoms. The summed E-state index contributed by atoms with van der Waals surface area (Å²) in [4.78, 5) is 2.20. The average molecular weight is 207 g/mol. The predicted molar refractivity (Wildman–Crippen MR) is 64.1 cm³/mol. The molecule has 0 saturated carbocycles. The second-order valence-corrected chi connectivity index (χ2v) is 4.15. The molecule has 1 aromatic carbocycles. The number of nitrogens with zero attached hydrogens (tertiary/aromatic N) is 1. The highest BCUT2D eigenvalue weighted by molar-refractivity contribution is 5.37. The van der Waals surface area contributed by atoms with Gasteiger partial charge in [0.15, 0.2) is 0 Å². The van der Waals surface area contributed by atoms with Crippen LogP contribution in [0.15, 0.2) is 24.3 Å². The van der Waals surface area contributed by atoms with Crippen molar-refractivity contribution in [1.82, 2.24) is 4.90 Å². The fourth-order valence-corrected chi connectivity index (χ4v) is 2.37. The Labute approximate surface area is 92.5 Å². The summed E-state index contributed by atoms with van der Waals surface area (Å²) in [6, 6.07) is 7.63. The first kappa shape index (κ1) is 12.1. The summed E-state index contributed by atoms with van der Waals surface area (Å²) in [5.74, 6) is 0.398. The topological polar surface area (TPSA) is 23.5 Å². The summed E-state index contributed by atoms with van der Waals surface area (Å²) >= 11 is 0. The molecular formula is C13H21NO. The highest BCUT2D eigenvalue weighted by Crippen LogP contribution is 2.38. The first-order valence-corrected chi connectivity index (χ1v) is 5.54. The molecule has 0 fully saturated rings. The zero-order valence-corrected chi connectivity index (χ0v) is 10.1. The number of phenols is 1. The number of benzene rings is 1. The van der Waals surface area contributed by atoms with Crippen LogP contribution < -0.4 is 0 Å². The van der Waals surface area contributed by atoms with Gasteiger partial charge in [-0.3, -0.25) is 4.90 Å². The van der Waals surface area contributed by atoms with Crippen LogP contribution in [0.2, 0.25) is 0 Å². The standard InChI is InChI=1S/C13H21NO/c1-5-13(6-2,14(3)4)11-9-7-8-10-12(11)15/h7-10,15H,5-6H2,1-4H3. The lowest BCUT2D eigenvalue weighted by atomic mass is 9.83. The fourth-order valence-electron chi connectivity index (χ4n) is 2.37. The summed E-state index contributed by atoms with van der Waals surface area (Å²) in [7, 11) is 4.14. The van der Waals surface area contributed by atoms with E-state index in [0.29, 0.717) is 5.75 Å². The molecule has 0 aliphatic heterocycles. The van der Waals surface area contributed by atoms with E-state index in [-0.39, 0.29) is 5.54 Å². The van der Waals surface area contributed by atoms with Gasteiger partial charge in [-0.1, -0.05) is 32.0 Å². The van der Waals surface area contributed by atoms with E-state index >= 15 is 0 Å². The van der Waals surface area contributed by atoms with E-state index in [1.807, 2.05) is 18.2 Å². The Morgan fingerprint density at radius 2 is 1.67 bits per heavy atom. The maximum Gasteiger partial charge on any atom is 0.120 e. The van der Waals surface area contributed by atoms with Crippen molar-refractivity contribution >= 4 is 0 Å². The minimum absolute atomic E-state index is 0.0503. The molecule has 1 aromatic rings. The Hall–Kier alpha value is -1.02. The van der Waals surface area contributed by atoms with E-state index in [1.54, 1.807) is 6.07 Å². The number of aromatic hydroxyl groups is 1. The Kier molecular flexibility index (Phi) is 3.75. The minimum atomic E-state index is -0.0503. The van der Waals surface area contributed by atoms with Crippen molar-refractivity contribution in [2.24, 2.45) is 0 Å². The molecule has 0 bridgehead atoms. The summed E-state index contributed by atoms with van der Waals surface area (Å²) < 4.78 is 0. The Morgan fingerprint density at radius 1 is 1.13 bits per heavy atom. The average Bonchev–Trinajstić information content (AvgIpc) is 2.22. The van der Waals surface area contributed by atoms with Crippen molar-refractivity contribution in [3.8, 4) is 5.75 Å². The molecule has 15 heavy (non-hydrogen) atoms. The molecule has 0 heterocycles. The van der Waals surface area contributed by atoms with E-state index in [0.717, 1.165) is 18.4 Å². The lowest BCUT2D eigenvalue weighted by Crippen LogP contribution is -2.40. The van der Waals surface area contributed by atoms with E-state index in [4.69, 9.17) is 0 Å². The third-order valence-corrected chi connectivity index (χ3v) is 3.43. The molecule has 0 radical (unpaired) electrons. The molecular weight excluding hydrogens is 186 g/mol. The van der Waals surface area contributed by atoms with Crippen LogP contribution in [0.5, 0.6) is 5.75 Å². The van der Waals surface area contributed by atoms with Gasteiger partial charge >= 0.3 is 0 Å². The fraction of sp³-hybridized carbons (Fsp3) is 0.538. The second-order valence-electron chi connectivity index (χ2n) is 4.15. The number of para-hydroxylation sites is 1. The minimum Gasteiger partial charge on any atom is -0.508 e. The summed E-state index contributed by atoms with van der Waals surface area (Å²) in [5.41, 5.74) is 0.978. The van der Waals surface area contributed by atoms with Crippen LogP contribution in [-0.4, -0.2) is 24.1 Å². The lowest BCUT2D eigenvalue weighted by molar-refractivity contribution is 0.135. The largest absolute Gasteiger partial charge is 0.508 e. The third-order valence-electron chi connectivity index (χ3n) is 3.43. The molecule has 2 nitrogen and oxygen atoms in total. The van der Waals surface area contributed by atoms with Gasteiger partial charge in [0, 0.05) is 11.1 Å². The number of hydrogen-bond acceptors (Lipinski definition) is 2. The summed E-state index contributed by atoms with van der Waals surface area (Å²) in [6.07, 6.45) is 1.99. The first-order valence-electron chi connectivity index (χ1n) is 5.54. The molecule has 0 spiro atoms. The smallest absolute Gasteiger partial charge is 0.120 e. The SMILES string of the molecule is CCC(CC)(c1ccccc1O)N(C)C. The van der Waals surface area contributed by atoms with Gasteiger partial charge in [-0.05, 0) is 33.0 Å². The normalized spacial score (nSPS) is 12.1. The highest BCUT2D eigenvalue weighted by Gasteiger charge is 2.32. The van der Waals surface area contributed by atoms with Crippen LogP contribution in [-0.2, 0) is 5.54 Å². The van der Waals surface area contributed by atoms with Gasteiger partial charge in [-0.15, -0.1) is 0 Å². The van der Waals surface area contributed by atoms with Crippen molar-refractivity contribution in [1.29, 1.82) is 0 Å². The molecule has 0 aliphatic carbocycles. The molecule has 0 atom stereocenters. The van der Waals surface area contributed by atoms with Crippen LogP contribution in [0.4, 0.5) is 0 Å². The molecule has 0 amide bonds. The van der Waals surface area contributed by atoms with E-state index in [1.165, 1.54) is 0 Å². The summed E-state index contributed by atoms with van der Waals surface area (Å²) in [6.45, 7) is 4.33. The quantitative estimate of drug-likeness (QED) is 0.820. The Balaban J connectivity index is 3.26. The molecule has 84 valence electrons. The Bertz CT molecular complexity index is 316. The maximum atomic E-state index is 9.93. The zero-order valence-electron chi connectivity index (χ0n) is 10.1. The molecule has 1 rings (SSSR count). The van der Waals surface area contributed by atoms with Crippen molar-refractivity contribution in [3.05, 3.63) is 29.8 Å². The van der Waals surface area contributed by atoms with Crippen LogP contribution >= 0.6 is 0 Å². The van der Waals surface area contributed by atoms with Gasteiger partial charge in [-0.2, -0.15) is 0 Å².